The van der Waals surface area contributed by atoms with Crippen molar-refractivity contribution in [1.29, 1.82) is 0 Å². The van der Waals surface area contributed by atoms with Crippen LogP contribution in [0.2, 0.25) is 0 Å². The Labute approximate surface area is 78.5 Å². The minimum absolute atomic E-state index is 0.275. The van der Waals surface area contributed by atoms with Gasteiger partial charge in [-0.1, -0.05) is 0 Å². The minimum Gasteiger partial charge on any atom is -0.481 e. The maximum Gasteiger partial charge on any atom is 0.309 e. The molecule has 0 radical (unpaired) electrons. The van der Waals surface area contributed by atoms with Gasteiger partial charge < -0.3 is 10.4 Å². The van der Waals surface area contributed by atoms with Gasteiger partial charge in [0.25, 0.3) is 0 Å². The third-order valence-corrected chi connectivity index (χ3v) is 4.23. The Hall–Kier alpha value is -0.570. The second-order valence-corrected chi connectivity index (χ2v) is 4.62. The van der Waals surface area contributed by atoms with Gasteiger partial charge in [-0.05, 0) is 45.6 Å². The van der Waals surface area contributed by atoms with Crippen molar-refractivity contribution in [2.75, 3.05) is 7.05 Å². The van der Waals surface area contributed by atoms with E-state index in [0.717, 1.165) is 38.5 Å². The lowest BCUT2D eigenvalue weighted by Gasteiger charge is -2.51. The van der Waals surface area contributed by atoms with E-state index < -0.39 is 5.97 Å². The molecule has 3 saturated carbocycles. The molecule has 2 N–H and O–H groups in total. The number of hydrogen-bond donors (Lipinski definition) is 2. The molecule has 0 aromatic rings. The van der Waals surface area contributed by atoms with Gasteiger partial charge >= 0.3 is 5.97 Å². The quantitative estimate of drug-likeness (QED) is 0.680. The summed E-state index contributed by atoms with van der Waals surface area (Å²) in [5, 5.41) is 12.5. The Kier molecular flexibility index (Phi) is 1.88. The van der Waals surface area contributed by atoms with Crippen molar-refractivity contribution in [2.24, 2.45) is 5.41 Å². The third-order valence-electron chi connectivity index (χ3n) is 4.23. The van der Waals surface area contributed by atoms with Crippen molar-refractivity contribution in [3.63, 3.8) is 0 Å². The van der Waals surface area contributed by atoms with Crippen molar-refractivity contribution >= 4 is 5.97 Å². The fourth-order valence-electron chi connectivity index (χ4n) is 2.88. The first-order valence-electron chi connectivity index (χ1n) is 5.05. The van der Waals surface area contributed by atoms with Crippen LogP contribution in [0.3, 0.4) is 0 Å². The SMILES string of the molecule is CNC12CCC(C(=O)O)(CC1)CC2. The van der Waals surface area contributed by atoms with E-state index in [-0.39, 0.29) is 11.0 Å². The van der Waals surface area contributed by atoms with E-state index in [1.807, 2.05) is 7.05 Å². The molecule has 0 saturated heterocycles. The molecule has 3 aliphatic carbocycles. The minimum atomic E-state index is -0.572. The molecule has 0 aromatic heterocycles. The number of carboxylic acids is 1. The Morgan fingerprint density at radius 2 is 1.62 bits per heavy atom. The molecule has 0 aromatic carbocycles. The average molecular weight is 183 g/mol. The summed E-state index contributed by atoms with van der Waals surface area (Å²) in [6.45, 7) is 0. The molecule has 2 bridgehead atoms. The molecule has 3 aliphatic rings. The summed E-state index contributed by atoms with van der Waals surface area (Å²) in [5.74, 6) is -0.572. The molecule has 0 aliphatic heterocycles. The second-order valence-electron chi connectivity index (χ2n) is 4.62. The van der Waals surface area contributed by atoms with Gasteiger partial charge in [0.05, 0.1) is 5.41 Å². The van der Waals surface area contributed by atoms with Crippen LogP contribution in [0, 0.1) is 5.41 Å². The lowest BCUT2D eigenvalue weighted by Crippen LogP contribution is -2.55. The van der Waals surface area contributed by atoms with Crippen molar-refractivity contribution < 1.29 is 9.90 Å². The van der Waals surface area contributed by atoms with E-state index in [9.17, 15) is 4.79 Å². The number of hydrogen-bond acceptors (Lipinski definition) is 2. The van der Waals surface area contributed by atoms with Crippen LogP contribution in [-0.4, -0.2) is 23.7 Å². The summed E-state index contributed by atoms with van der Waals surface area (Å²) in [7, 11) is 2.00. The van der Waals surface area contributed by atoms with Gasteiger partial charge in [-0.25, -0.2) is 0 Å². The number of fused-ring (bicyclic) bond motifs is 3. The first-order valence-corrected chi connectivity index (χ1v) is 5.05. The molecule has 0 amide bonds. The number of aliphatic carboxylic acids is 1. The summed E-state index contributed by atoms with van der Waals surface area (Å²) in [5.41, 5.74) is -0.0875. The molecular weight excluding hydrogens is 166 g/mol. The van der Waals surface area contributed by atoms with Crippen molar-refractivity contribution in [2.45, 2.75) is 44.1 Å². The first-order chi connectivity index (χ1) is 6.13. The molecule has 0 atom stereocenters. The van der Waals surface area contributed by atoms with Crippen LogP contribution in [0.15, 0.2) is 0 Å². The molecular formula is C10H17NO2. The summed E-state index contributed by atoms with van der Waals surface area (Å²) < 4.78 is 0. The molecule has 74 valence electrons. The molecule has 3 fully saturated rings. The maximum absolute atomic E-state index is 11.1. The van der Waals surface area contributed by atoms with Crippen LogP contribution in [0.4, 0.5) is 0 Å². The van der Waals surface area contributed by atoms with Crippen molar-refractivity contribution in [1.82, 2.24) is 5.32 Å². The molecule has 3 nitrogen and oxygen atoms in total. The van der Waals surface area contributed by atoms with E-state index in [1.54, 1.807) is 0 Å². The zero-order valence-electron chi connectivity index (χ0n) is 8.10. The average Bonchev–Trinajstić information content (AvgIpc) is 2.20. The van der Waals surface area contributed by atoms with Gasteiger partial charge in [0.15, 0.2) is 0 Å². The first kappa shape index (κ1) is 9.00. The van der Waals surface area contributed by atoms with Gasteiger partial charge in [0.1, 0.15) is 0 Å². The fourth-order valence-corrected chi connectivity index (χ4v) is 2.88. The Morgan fingerprint density at radius 3 is 1.92 bits per heavy atom. The third kappa shape index (κ3) is 1.17. The van der Waals surface area contributed by atoms with Crippen LogP contribution >= 0.6 is 0 Å². The van der Waals surface area contributed by atoms with Crippen LogP contribution < -0.4 is 5.32 Å². The van der Waals surface area contributed by atoms with Gasteiger partial charge in [-0.3, -0.25) is 4.79 Å². The van der Waals surface area contributed by atoms with E-state index in [2.05, 4.69) is 5.32 Å². The van der Waals surface area contributed by atoms with Crippen molar-refractivity contribution in [3.05, 3.63) is 0 Å². The highest BCUT2D eigenvalue weighted by atomic mass is 16.4. The van der Waals surface area contributed by atoms with Gasteiger partial charge in [-0.2, -0.15) is 0 Å². The Bertz CT molecular complexity index is 213. The monoisotopic (exact) mass is 183 g/mol. The molecule has 3 heteroatoms. The normalized spacial score (nSPS) is 43.5. The lowest BCUT2D eigenvalue weighted by molar-refractivity contribution is -0.156. The highest BCUT2D eigenvalue weighted by Gasteiger charge is 2.51. The van der Waals surface area contributed by atoms with Crippen LogP contribution in [-0.2, 0) is 4.79 Å². The molecule has 0 spiro atoms. The topological polar surface area (TPSA) is 49.3 Å². The largest absolute Gasteiger partial charge is 0.481 e. The van der Waals surface area contributed by atoms with Crippen molar-refractivity contribution in [3.8, 4) is 0 Å². The summed E-state index contributed by atoms with van der Waals surface area (Å²) in [6.07, 6.45) is 5.71. The summed E-state index contributed by atoms with van der Waals surface area (Å²) in [4.78, 5) is 11.1. The number of nitrogens with one attached hydrogen (secondary N) is 1. The van der Waals surface area contributed by atoms with Crippen LogP contribution in [0.5, 0.6) is 0 Å². The van der Waals surface area contributed by atoms with E-state index in [1.165, 1.54) is 0 Å². The number of carboxylic acid groups (broad SMARTS) is 1. The lowest BCUT2D eigenvalue weighted by atomic mass is 9.57. The Balaban J connectivity index is 2.16. The number of rotatable bonds is 2. The zero-order chi connectivity index (χ0) is 9.53. The highest BCUT2D eigenvalue weighted by molar-refractivity contribution is 5.75. The summed E-state index contributed by atoms with van der Waals surface area (Å²) >= 11 is 0. The van der Waals surface area contributed by atoms with E-state index in [0.29, 0.717) is 0 Å². The van der Waals surface area contributed by atoms with E-state index in [4.69, 9.17) is 5.11 Å². The van der Waals surface area contributed by atoms with Gasteiger partial charge in [-0.15, -0.1) is 0 Å². The maximum atomic E-state index is 11.1. The van der Waals surface area contributed by atoms with Gasteiger partial charge in [0, 0.05) is 5.54 Å². The van der Waals surface area contributed by atoms with Gasteiger partial charge in [0.2, 0.25) is 0 Å². The predicted octanol–water partition coefficient (Wildman–Crippen LogP) is 1.38. The predicted molar refractivity (Wildman–Crippen MR) is 49.6 cm³/mol. The second kappa shape index (κ2) is 2.71. The highest BCUT2D eigenvalue weighted by Crippen LogP contribution is 2.52. The van der Waals surface area contributed by atoms with E-state index >= 15 is 0 Å². The van der Waals surface area contributed by atoms with Crippen LogP contribution in [0.25, 0.3) is 0 Å². The van der Waals surface area contributed by atoms with Crippen LogP contribution in [0.1, 0.15) is 38.5 Å². The molecule has 13 heavy (non-hydrogen) atoms. The summed E-state index contributed by atoms with van der Waals surface area (Å²) in [6, 6.07) is 0. The Morgan fingerprint density at radius 1 is 1.15 bits per heavy atom. The number of carbonyl (C=O) groups is 1. The zero-order valence-corrected chi connectivity index (χ0v) is 8.10. The standard InChI is InChI=1S/C10H17NO2/c1-11-10-5-2-9(3-6-10,4-7-10)8(12)13/h11H,2-7H2,1H3,(H,12,13). The molecule has 0 unspecified atom stereocenters. The smallest absolute Gasteiger partial charge is 0.309 e. The fraction of sp³-hybridized carbons (Fsp3) is 0.900. The molecule has 3 rings (SSSR count). The molecule has 0 heterocycles.